The summed E-state index contributed by atoms with van der Waals surface area (Å²) in [4.78, 5) is 4.08. The number of hydrogen-bond donors (Lipinski definition) is 1. The average Bonchev–Trinajstić information content (AvgIpc) is 2.18. The molecule has 0 aromatic carbocycles. The summed E-state index contributed by atoms with van der Waals surface area (Å²) in [6, 6.07) is 1.89. The Labute approximate surface area is 77.7 Å². The average molecular weight is 182 g/mol. The number of methoxy groups -OCH3 is 2. The van der Waals surface area contributed by atoms with Gasteiger partial charge in [-0.25, -0.2) is 4.98 Å². The Hall–Kier alpha value is -1.29. The third kappa shape index (κ3) is 2.32. The van der Waals surface area contributed by atoms with Crippen LogP contribution in [0.2, 0.25) is 0 Å². The number of rotatable bonds is 4. The van der Waals surface area contributed by atoms with Gasteiger partial charge in [-0.2, -0.15) is 0 Å². The van der Waals surface area contributed by atoms with Crippen LogP contribution < -0.4 is 15.2 Å². The van der Waals surface area contributed by atoms with Crippen LogP contribution in [0.25, 0.3) is 0 Å². The maximum Gasteiger partial charge on any atom is 0.216 e. The normalized spacial score (nSPS) is 9.77. The van der Waals surface area contributed by atoms with Crippen LogP contribution >= 0.6 is 0 Å². The van der Waals surface area contributed by atoms with E-state index in [9.17, 15) is 0 Å². The monoisotopic (exact) mass is 182 g/mol. The predicted molar refractivity (Wildman–Crippen MR) is 50.1 cm³/mol. The van der Waals surface area contributed by atoms with Gasteiger partial charge in [-0.15, -0.1) is 0 Å². The van der Waals surface area contributed by atoms with Gasteiger partial charge in [0, 0.05) is 5.56 Å². The van der Waals surface area contributed by atoms with Crippen LogP contribution in [0.1, 0.15) is 5.56 Å². The van der Waals surface area contributed by atoms with E-state index in [0.717, 1.165) is 17.7 Å². The van der Waals surface area contributed by atoms with E-state index in [-0.39, 0.29) is 0 Å². The molecule has 4 nitrogen and oxygen atoms in total. The van der Waals surface area contributed by atoms with Crippen molar-refractivity contribution in [2.24, 2.45) is 5.73 Å². The molecule has 13 heavy (non-hydrogen) atoms. The molecule has 1 aromatic rings. The van der Waals surface area contributed by atoms with Crippen LogP contribution in [0.5, 0.6) is 11.6 Å². The molecule has 1 rings (SSSR count). The standard InChI is InChI=1S/C9H14N2O2/c1-12-8-5-7(3-4-10)9(13-2)11-6-8/h5-6H,3-4,10H2,1-2H3. The van der Waals surface area contributed by atoms with E-state index in [1.54, 1.807) is 20.4 Å². The molecule has 4 heteroatoms. The van der Waals surface area contributed by atoms with Crippen molar-refractivity contribution in [3.8, 4) is 11.6 Å². The van der Waals surface area contributed by atoms with Gasteiger partial charge in [-0.3, -0.25) is 0 Å². The Morgan fingerprint density at radius 1 is 1.38 bits per heavy atom. The Morgan fingerprint density at radius 3 is 2.69 bits per heavy atom. The molecular weight excluding hydrogens is 168 g/mol. The van der Waals surface area contributed by atoms with E-state index in [2.05, 4.69) is 4.98 Å². The van der Waals surface area contributed by atoms with Gasteiger partial charge in [0.05, 0.1) is 20.4 Å². The second kappa shape index (κ2) is 4.67. The van der Waals surface area contributed by atoms with Gasteiger partial charge in [0.25, 0.3) is 0 Å². The van der Waals surface area contributed by atoms with E-state index in [1.165, 1.54) is 0 Å². The molecule has 0 saturated heterocycles. The van der Waals surface area contributed by atoms with Crippen LogP contribution in [0.15, 0.2) is 12.3 Å². The zero-order chi connectivity index (χ0) is 9.68. The molecule has 0 amide bonds. The van der Waals surface area contributed by atoms with Gasteiger partial charge in [0.1, 0.15) is 5.75 Å². The summed E-state index contributed by atoms with van der Waals surface area (Å²) in [5, 5.41) is 0. The van der Waals surface area contributed by atoms with E-state index < -0.39 is 0 Å². The van der Waals surface area contributed by atoms with E-state index in [0.29, 0.717) is 12.4 Å². The molecule has 0 unspecified atom stereocenters. The molecule has 1 heterocycles. The van der Waals surface area contributed by atoms with E-state index in [1.807, 2.05) is 6.07 Å². The molecule has 1 aromatic heterocycles. The SMILES string of the molecule is COc1cnc(OC)c(CCN)c1. The van der Waals surface area contributed by atoms with Crippen molar-refractivity contribution in [3.05, 3.63) is 17.8 Å². The Morgan fingerprint density at radius 2 is 2.15 bits per heavy atom. The minimum absolute atomic E-state index is 0.575. The number of ether oxygens (including phenoxy) is 2. The van der Waals surface area contributed by atoms with Gasteiger partial charge < -0.3 is 15.2 Å². The second-order valence-electron chi connectivity index (χ2n) is 2.58. The smallest absolute Gasteiger partial charge is 0.216 e. The first-order valence-electron chi connectivity index (χ1n) is 4.08. The molecule has 0 aliphatic heterocycles. The van der Waals surface area contributed by atoms with Crippen molar-refractivity contribution < 1.29 is 9.47 Å². The number of nitrogens with zero attached hydrogens (tertiary/aromatic N) is 1. The maximum atomic E-state index is 5.45. The van der Waals surface area contributed by atoms with Crippen molar-refractivity contribution >= 4 is 0 Å². The number of pyridine rings is 1. The van der Waals surface area contributed by atoms with Crippen molar-refractivity contribution in [1.82, 2.24) is 4.98 Å². The first kappa shape index (κ1) is 9.80. The van der Waals surface area contributed by atoms with Crippen LogP contribution in [0, 0.1) is 0 Å². The van der Waals surface area contributed by atoms with Gasteiger partial charge >= 0.3 is 0 Å². The Bertz CT molecular complexity index is 276. The molecule has 72 valence electrons. The number of aromatic nitrogens is 1. The Kier molecular flexibility index (Phi) is 3.52. The summed E-state index contributed by atoms with van der Waals surface area (Å²) in [6.45, 7) is 0.575. The fourth-order valence-electron chi connectivity index (χ4n) is 1.11. The molecule has 0 saturated carbocycles. The third-order valence-electron chi connectivity index (χ3n) is 1.74. The van der Waals surface area contributed by atoms with Crippen LogP contribution in [0.3, 0.4) is 0 Å². The number of hydrogen-bond acceptors (Lipinski definition) is 4. The highest BCUT2D eigenvalue weighted by molar-refractivity contribution is 5.33. The zero-order valence-electron chi connectivity index (χ0n) is 7.91. The van der Waals surface area contributed by atoms with Gasteiger partial charge in [0.15, 0.2) is 0 Å². The molecule has 0 bridgehead atoms. The summed E-state index contributed by atoms with van der Waals surface area (Å²) >= 11 is 0. The topological polar surface area (TPSA) is 57.4 Å². The second-order valence-corrected chi connectivity index (χ2v) is 2.58. The molecule has 0 radical (unpaired) electrons. The quantitative estimate of drug-likeness (QED) is 0.740. The largest absolute Gasteiger partial charge is 0.495 e. The molecule has 0 atom stereocenters. The van der Waals surface area contributed by atoms with Gasteiger partial charge in [-0.05, 0) is 19.0 Å². The summed E-state index contributed by atoms with van der Waals surface area (Å²) in [5.41, 5.74) is 6.43. The minimum atomic E-state index is 0.575. The molecular formula is C9H14N2O2. The van der Waals surface area contributed by atoms with Crippen molar-refractivity contribution in [1.29, 1.82) is 0 Å². The van der Waals surface area contributed by atoms with Crippen LogP contribution in [-0.2, 0) is 6.42 Å². The molecule has 0 fully saturated rings. The maximum absolute atomic E-state index is 5.45. The lowest BCUT2D eigenvalue weighted by Crippen LogP contribution is -2.05. The van der Waals surface area contributed by atoms with Gasteiger partial charge in [0.2, 0.25) is 5.88 Å². The van der Waals surface area contributed by atoms with Crippen molar-refractivity contribution in [2.45, 2.75) is 6.42 Å². The lowest BCUT2D eigenvalue weighted by molar-refractivity contribution is 0.382. The van der Waals surface area contributed by atoms with Crippen molar-refractivity contribution in [3.63, 3.8) is 0 Å². The van der Waals surface area contributed by atoms with Gasteiger partial charge in [-0.1, -0.05) is 0 Å². The molecule has 2 N–H and O–H groups in total. The molecule has 0 aliphatic carbocycles. The fourth-order valence-corrected chi connectivity index (χ4v) is 1.11. The highest BCUT2D eigenvalue weighted by atomic mass is 16.5. The lowest BCUT2D eigenvalue weighted by atomic mass is 10.2. The lowest BCUT2D eigenvalue weighted by Gasteiger charge is -2.07. The van der Waals surface area contributed by atoms with E-state index in [4.69, 9.17) is 15.2 Å². The summed E-state index contributed by atoms with van der Waals surface area (Å²) < 4.78 is 10.1. The third-order valence-corrected chi connectivity index (χ3v) is 1.74. The first-order valence-corrected chi connectivity index (χ1v) is 4.08. The molecule has 0 spiro atoms. The highest BCUT2D eigenvalue weighted by Crippen LogP contribution is 2.20. The zero-order valence-corrected chi connectivity index (χ0v) is 7.91. The van der Waals surface area contributed by atoms with Crippen LogP contribution in [0.4, 0.5) is 0 Å². The van der Waals surface area contributed by atoms with Crippen LogP contribution in [-0.4, -0.2) is 25.7 Å². The highest BCUT2D eigenvalue weighted by Gasteiger charge is 2.04. The number of nitrogens with two attached hydrogens (primary N) is 1. The summed E-state index contributed by atoms with van der Waals surface area (Å²) in [7, 11) is 3.20. The van der Waals surface area contributed by atoms with Crippen molar-refractivity contribution in [2.75, 3.05) is 20.8 Å². The summed E-state index contributed by atoms with van der Waals surface area (Å²) in [5.74, 6) is 1.34. The summed E-state index contributed by atoms with van der Waals surface area (Å²) in [6.07, 6.45) is 2.37. The minimum Gasteiger partial charge on any atom is -0.495 e. The first-order chi connectivity index (χ1) is 6.31. The molecule has 0 aliphatic rings. The predicted octanol–water partition coefficient (Wildman–Crippen LogP) is 0.600. The fraction of sp³-hybridized carbons (Fsp3) is 0.444. The Balaban J connectivity index is 2.95. The van der Waals surface area contributed by atoms with E-state index >= 15 is 0 Å².